The number of halogens is 4. The lowest BCUT2D eigenvalue weighted by atomic mass is 9.99. The third-order valence-electron chi connectivity index (χ3n) is 0.679. The first-order valence-electron chi connectivity index (χ1n) is 3.80. The Morgan fingerprint density at radius 1 is 1.15 bits per heavy atom. The van der Waals surface area contributed by atoms with Gasteiger partial charge in [-0.15, -0.1) is 0 Å². The molecule has 0 atom stereocenters. The van der Waals surface area contributed by atoms with E-state index in [1.165, 1.54) is 0 Å². The van der Waals surface area contributed by atoms with E-state index >= 15 is 0 Å². The molecular formula is C6H16BF4NO. The molecule has 0 radical (unpaired) electrons. The lowest BCUT2D eigenvalue weighted by molar-refractivity contribution is -0.433. The van der Waals surface area contributed by atoms with Crippen molar-refractivity contribution in [2.75, 3.05) is 13.3 Å². The van der Waals surface area contributed by atoms with E-state index in [1.54, 1.807) is 0 Å². The number of quaternary nitrogens is 1. The molecule has 0 saturated carbocycles. The van der Waals surface area contributed by atoms with Gasteiger partial charge in [0, 0.05) is 0 Å². The van der Waals surface area contributed by atoms with Crippen molar-refractivity contribution in [1.82, 2.24) is 0 Å². The first-order valence-corrected chi connectivity index (χ1v) is 3.80. The van der Waals surface area contributed by atoms with Gasteiger partial charge < -0.3 is 27.7 Å². The predicted octanol–water partition coefficient (Wildman–Crippen LogP) is 1.55. The summed E-state index contributed by atoms with van der Waals surface area (Å²) in [5.41, 5.74) is 3.86. The zero-order valence-electron chi connectivity index (χ0n) is 8.12. The third-order valence-corrected chi connectivity index (χ3v) is 0.679. The van der Waals surface area contributed by atoms with Crippen LogP contribution in [0.2, 0.25) is 0 Å². The van der Waals surface area contributed by atoms with Gasteiger partial charge in [0.2, 0.25) is 0 Å². The quantitative estimate of drug-likeness (QED) is 0.414. The van der Waals surface area contributed by atoms with Crippen molar-refractivity contribution in [1.29, 1.82) is 0 Å². The van der Waals surface area contributed by atoms with Gasteiger partial charge in [-0.2, -0.15) is 0 Å². The number of rotatable bonds is 2. The molecule has 13 heavy (non-hydrogen) atoms. The fourth-order valence-electron chi connectivity index (χ4n) is 0.378. The maximum absolute atomic E-state index is 9.75. The van der Waals surface area contributed by atoms with Crippen molar-refractivity contribution in [2.45, 2.75) is 20.8 Å². The zero-order chi connectivity index (χ0) is 11.1. The molecule has 3 N–H and O–H groups in total. The summed E-state index contributed by atoms with van der Waals surface area (Å²) in [7, 11) is -6.00. The summed E-state index contributed by atoms with van der Waals surface area (Å²) in [6.07, 6.45) is 0. The van der Waals surface area contributed by atoms with Crippen LogP contribution >= 0.6 is 0 Å². The molecule has 0 rings (SSSR count). The molecule has 0 heterocycles. The van der Waals surface area contributed by atoms with Crippen LogP contribution in [-0.4, -0.2) is 20.6 Å². The molecule has 0 saturated heterocycles. The lowest BCUT2D eigenvalue weighted by Crippen LogP contribution is -2.52. The van der Waals surface area contributed by atoms with Gasteiger partial charge in [-0.1, -0.05) is 20.8 Å². The van der Waals surface area contributed by atoms with Crippen molar-refractivity contribution < 1.29 is 27.7 Å². The van der Waals surface area contributed by atoms with Gasteiger partial charge in [-0.3, -0.25) is 0 Å². The van der Waals surface area contributed by atoms with Crippen LogP contribution in [0.5, 0.6) is 0 Å². The first kappa shape index (κ1) is 15.2. The lowest BCUT2D eigenvalue weighted by Gasteiger charge is -2.15. The van der Waals surface area contributed by atoms with Gasteiger partial charge in [-0.25, -0.2) is 0 Å². The topological polar surface area (TPSA) is 36.9 Å². The van der Waals surface area contributed by atoms with E-state index in [0.29, 0.717) is 6.73 Å². The standard InChI is InChI=1S/C6H15NO.BF4/c1-6(2,3)4-8-5-7;2-1(3,4)5/h4-5,7H2,1-3H3;/q;-1/p+1. The Bertz CT molecular complexity index is 117. The smallest absolute Gasteiger partial charge is 0.418 e. The van der Waals surface area contributed by atoms with E-state index in [2.05, 4.69) is 26.5 Å². The molecule has 0 fully saturated rings. The fourth-order valence-corrected chi connectivity index (χ4v) is 0.378. The monoisotopic (exact) mass is 205 g/mol. The summed E-state index contributed by atoms with van der Waals surface area (Å²) < 4.78 is 44.1. The molecule has 2 nitrogen and oxygen atoms in total. The SMILES string of the molecule is CC(C)(C)COC[NH3+].F[B-](F)(F)F. The Kier molecular flexibility index (Phi) is 7.25. The van der Waals surface area contributed by atoms with Crippen LogP contribution in [0.15, 0.2) is 0 Å². The molecule has 0 spiro atoms. The summed E-state index contributed by atoms with van der Waals surface area (Å²) in [4.78, 5) is 0. The highest BCUT2D eigenvalue weighted by molar-refractivity contribution is 6.50. The maximum Gasteiger partial charge on any atom is 0.673 e. The second-order valence-corrected chi connectivity index (χ2v) is 3.61. The van der Waals surface area contributed by atoms with E-state index in [1.807, 2.05) is 0 Å². The molecule has 0 bridgehead atoms. The summed E-state index contributed by atoms with van der Waals surface area (Å²) in [6, 6.07) is 0. The van der Waals surface area contributed by atoms with Crippen LogP contribution in [-0.2, 0) is 4.74 Å². The van der Waals surface area contributed by atoms with Crippen LogP contribution in [0.3, 0.4) is 0 Å². The Hall–Kier alpha value is -0.295. The Labute approximate surface area is 75.5 Å². The van der Waals surface area contributed by atoms with Crippen molar-refractivity contribution >= 4 is 7.25 Å². The summed E-state index contributed by atoms with van der Waals surface area (Å²) in [6.45, 7) is 7.81. The van der Waals surface area contributed by atoms with Gasteiger partial charge >= 0.3 is 7.25 Å². The van der Waals surface area contributed by atoms with E-state index in [9.17, 15) is 17.3 Å². The zero-order valence-corrected chi connectivity index (χ0v) is 8.12. The average Bonchev–Trinajstić information content (AvgIpc) is 1.77. The van der Waals surface area contributed by atoms with Crippen molar-refractivity contribution in [3.05, 3.63) is 0 Å². The Balaban J connectivity index is 0. The molecule has 82 valence electrons. The minimum absolute atomic E-state index is 0.289. The van der Waals surface area contributed by atoms with Crippen LogP contribution in [0.1, 0.15) is 20.8 Å². The van der Waals surface area contributed by atoms with Gasteiger partial charge in [0.05, 0.1) is 6.61 Å². The highest BCUT2D eigenvalue weighted by Crippen LogP contribution is 2.11. The first-order chi connectivity index (χ1) is 5.56. The highest BCUT2D eigenvalue weighted by Gasteiger charge is 2.20. The summed E-state index contributed by atoms with van der Waals surface area (Å²) >= 11 is 0. The minimum Gasteiger partial charge on any atom is -0.418 e. The molecule has 7 heteroatoms. The fraction of sp³-hybridized carbons (Fsp3) is 1.00. The summed E-state index contributed by atoms with van der Waals surface area (Å²) in [5.74, 6) is 0. The number of hydrogen-bond acceptors (Lipinski definition) is 1. The van der Waals surface area contributed by atoms with Crippen molar-refractivity contribution in [3.8, 4) is 0 Å². The molecule has 0 aromatic heterocycles. The predicted molar refractivity (Wildman–Crippen MR) is 43.3 cm³/mol. The van der Waals surface area contributed by atoms with Crippen LogP contribution in [0.4, 0.5) is 17.3 Å². The maximum atomic E-state index is 9.75. The van der Waals surface area contributed by atoms with E-state index in [4.69, 9.17) is 4.74 Å². The Morgan fingerprint density at radius 2 is 1.46 bits per heavy atom. The van der Waals surface area contributed by atoms with Crippen molar-refractivity contribution in [2.24, 2.45) is 5.41 Å². The number of ether oxygens (including phenoxy) is 1. The number of hydrogen-bond donors (Lipinski definition) is 1. The molecule has 0 aromatic carbocycles. The van der Waals surface area contributed by atoms with Gasteiger partial charge in [0.25, 0.3) is 0 Å². The molecule has 0 amide bonds. The molecule has 0 unspecified atom stereocenters. The third kappa shape index (κ3) is 49.8. The van der Waals surface area contributed by atoms with Crippen LogP contribution < -0.4 is 5.73 Å². The van der Waals surface area contributed by atoms with Gasteiger partial charge in [0.1, 0.15) is 0 Å². The average molecular weight is 205 g/mol. The molecule has 0 aliphatic carbocycles. The largest absolute Gasteiger partial charge is 0.673 e. The van der Waals surface area contributed by atoms with E-state index in [0.717, 1.165) is 6.61 Å². The normalized spacial score (nSPS) is 12.0. The summed E-state index contributed by atoms with van der Waals surface area (Å²) in [5, 5.41) is 0. The molecule has 0 aliphatic rings. The second-order valence-electron chi connectivity index (χ2n) is 3.61. The molecule has 0 aromatic rings. The van der Waals surface area contributed by atoms with Crippen LogP contribution in [0, 0.1) is 5.41 Å². The van der Waals surface area contributed by atoms with Crippen LogP contribution in [0.25, 0.3) is 0 Å². The molecule has 0 aliphatic heterocycles. The van der Waals surface area contributed by atoms with E-state index < -0.39 is 7.25 Å². The van der Waals surface area contributed by atoms with Gasteiger partial charge in [-0.05, 0) is 5.41 Å². The van der Waals surface area contributed by atoms with E-state index in [-0.39, 0.29) is 5.41 Å². The van der Waals surface area contributed by atoms with Gasteiger partial charge in [0.15, 0.2) is 6.73 Å². The highest BCUT2D eigenvalue weighted by atomic mass is 19.5. The Morgan fingerprint density at radius 3 is 1.54 bits per heavy atom. The molecular weight excluding hydrogens is 189 g/mol. The van der Waals surface area contributed by atoms with Crippen molar-refractivity contribution in [3.63, 3.8) is 0 Å². The minimum atomic E-state index is -6.00. The second kappa shape index (κ2) is 6.20.